The second-order valence-corrected chi connectivity index (χ2v) is 4.84. The van der Waals surface area contributed by atoms with E-state index < -0.39 is 0 Å². The lowest BCUT2D eigenvalue weighted by Gasteiger charge is -2.05. The van der Waals surface area contributed by atoms with Crippen molar-refractivity contribution in [2.75, 3.05) is 0 Å². The second kappa shape index (κ2) is 5.31. The Morgan fingerprint density at radius 1 is 1.24 bits per heavy atom. The van der Waals surface area contributed by atoms with Crippen LogP contribution < -0.4 is 0 Å². The summed E-state index contributed by atoms with van der Waals surface area (Å²) in [4.78, 5) is 13.0. The van der Waals surface area contributed by atoms with Gasteiger partial charge in [-0.05, 0) is 26.8 Å². The van der Waals surface area contributed by atoms with E-state index in [1.165, 1.54) is 5.69 Å². The molecule has 2 rings (SSSR count). The molecule has 0 N–H and O–H groups in total. The van der Waals surface area contributed by atoms with Crippen LogP contribution in [0.5, 0.6) is 0 Å². The molecular weight excluding hydrogens is 232 g/mol. The third-order valence-corrected chi connectivity index (χ3v) is 3.33. The first kappa shape index (κ1) is 12.1. The summed E-state index contributed by atoms with van der Waals surface area (Å²) in [5.41, 5.74) is 3.24. The highest BCUT2D eigenvalue weighted by Gasteiger charge is 2.04. The summed E-state index contributed by atoms with van der Waals surface area (Å²) in [6.07, 6.45) is 3.76. The van der Waals surface area contributed by atoms with Gasteiger partial charge in [0, 0.05) is 35.6 Å². The first-order chi connectivity index (χ1) is 8.19. The maximum Gasteiger partial charge on any atom is 0.188 e. The molecule has 2 heterocycles. The lowest BCUT2D eigenvalue weighted by Crippen LogP contribution is -1.98. The molecule has 0 fully saturated rings. The van der Waals surface area contributed by atoms with Gasteiger partial charge in [-0.1, -0.05) is 11.8 Å². The smallest absolute Gasteiger partial charge is 0.188 e. The Kier molecular flexibility index (Phi) is 3.78. The lowest BCUT2D eigenvalue weighted by atomic mass is 10.4. The monoisotopic (exact) mass is 248 g/mol. The fourth-order valence-electron chi connectivity index (χ4n) is 1.65. The molecule has 0 atom stereocenters. The fourth-order valence-corrected chi connectivity index (χ4v) is 2.58. The molecule has 0 aromatic carbocycles. The van der Waals surface area contributed by atoms with Gasteiger partial charge in [-0.15, -0.1) is 0 Å². The van der Waals surface area contributed by atoms with Crippen molar-refractivity contribution in [2.24, 2.45) is 0 Å². The van der Waals surface area contributed by atoms with Crippen LogP contribution in [-0.4, -0.2) is 19.5 Å². The SMILES string of the molecule is CCn1cncc1CSc1nc(C)cc(C)n1. The van der Waals surface area contributed by atoms with Crippen LogP contribution in [0, 0.1) is 13.8 Å². The van der Waals surface area contributed by atoms with Crippen LogP contribution in [0.2, 0.25) is 0 Å². The summed E-state index contributed by atoms with van der Waals surface area (Å²) in [6, 6.07) is 1.99. The van der Waals surface area contributed by atoms with E-state index in [1.54, 1.807) is 11.8 Å². The van der Waals surface area contributed by atoms with E-state index in [1.807, 2.05) is 32.4 Å². The lowest BCUT2D eigenvalue weighted by molar-refractivity contribution is 0.733. The van der Waals surface area contributed by atoms with E-state index in [0.717, 1.165) is 28.8 Å². The average Bonchev–Trinajstić information content (AvgIpc) is 2.72. The molecule has 0 radical (unpaired) electrons. The van der Waals surface area contributed by atoms with Gasteiger partial charge in [0.25, 0.3) is 0 Å². The summed E-state index contributed by atoms with van der Waals surface area (Å²) in [6.45, 7) is 7.05. The molecule has 0 spiro atoms. The largest absolute Gasteiger partial charge is 0.334 e. The van der Waals surface area contributed by atoms with Crippen LogP contribution in [0.4, 0.5) is 0 Å². The van der Waals surface area contributed by atoms with Gasteiger partial charge in [0.1, 0.15) is 0 Å². The van der Waals surface area contributed by atoms with Crippen molar-refractivity contribution in [3.63, 3.8) is 0 Å². The number of imidazole rings is 1. The maximum atomic E-state index is 4.41. The van der Waals surface area contributed by atoms with Gasteiger partial charge in [0.15, 0.2) is 5.16 Å². The quantitative estimate of drug-likeness (QED) is 0.616. The van der Waals surface area contributed by atoms with E-state index in [0.29, 0.717) is 0 Å². The Morgan fingerprint density at radius 2 is 1.94 bits per heavy atom. The first-order valence-electron chi connectivity index (χ1n) is 5.63. The first-order valence-corrected chi connectivity index (χ1v) is 6.61. The Labute approximate surface area is 106 Å². The minimum atomic E-state index is 0.839. The third kappa shape index (κ3) is 3.06. The van der Waals surface area contributed by atoms with Crippen molar-refractivity contribution in [2.45, 2.75) is 38.2 Å². The second-order valence-electron chi connectivity index (χ2n) is 3.89. The van der Waals surface area contributed by atoms with E-state index in [-0.39, 0.29) is 0 Å². The van der Waals surface area contributed by atoms with Gasteiger partial charge >= 0.3 is 0 Å². The van der Waals surface area contributed by atoms with Crippen molar-refractivity contribution in [1.29, 1.82) is 0 Å². The molecule has 2 aromatic heterocycles. The van der Waals surface area contributed by atoms with Crippen LogP contribution in [-0.2, 0) is 12.3 Å². The van der Waals surface area contributed by atoms with Gasteiger partial charge in [-0.2, -0.15) is 0 Å². The minimum absolute atomic E-state index is 0.839. The summed E-state index contributed by atoms with van der Waals surface area (Å²) in [7, 11) is 0. The molecule has 0 amide bonds. The highest BCUT2D eigenvalue weighted by molar-refractivity contribution is 7.98. The summed E-state index contributed by atoms with van der Waals surface area (Å²) in [5.74, 6) is 0.858. The third-order valence-electron chi connectivity index (χ3n) is 2.45. The number of thioether (sulfide) groups is 1. The Hall–Kier alpha value is -1.36. The number of hydrogen-bond acceptors (Lipinski definition) is 4. The van der Waals surface area contributed by atoms with Gasteiger partial charge in [-0.25, -0.2) is 15.0 Å². The zero-order valence-corrected chi connectivity index (χ0v) is 11.2. The summed E-state index contributed by atoms with van der Waals surface area (Å²) in [5, 5.41) is 0.839. The number of rotatable bonds is 4. The number of nitrogens with zero attached hydrogens (tertiary/aromatic N) is 4. The molecule has 0 saturated heterocycles. The van der Waals surface area contributed by atoms with Crippen molar-refractivity contribution in [3.8, 4) is 0 Å². The van der Waals surface area contributed by atoms with Crippen molar-refractivity contribution >= 4 is 11.8 Å². The Morgan fingerprint density at radius 3 is 2.59 bits per heavy atom. The molecular formula is C12H16N4S. The van der Waals surface area contributed by atoms with Crippen LogP contribution in [0.15, 0.2) is 23.7 Å². The molecule has 17 heavy (non-hydrogen) atoms. The molecule has 5 heteroatoms. The van der Waals surface area contributed by atoms with Crippen molar-refractivity contribution in [1.82, 2.24) is 19.5 Å². The molecule has 0 unspecified atom stereocenters. The molecule has 0 saturated carbocycles. The topological polar surface area (TPSA) is 43.6 Å². The molecule has 90 valence electrons. The molecule has 0 aliphatic heterocycles. The van der Waals surface area contributed by atoms with E-state index in [2.05, 4.69) is 26.4 Å². The molecule has 0 bridgehead atoms. The van der Waals surface area contributed by atoms with Crippen LogP contribution >= 0.6 is 11.8 Å². The normalized spacial score (nSPS) is 10.8. The van der Waals surface area contributed by atoms with Gasteiger partial charge < -0.3 is 4.57 Å². The minimum Gasteiger partial charge on any atom is -0.334 e. The van der Waals surface area contributed by atoms with Gasteiger partial charge in [0.2, 0.25) is 0 Å². The van der Waals surface area contributed by atoms with Crippen LogP contribution in [0.1, 0.15) is 24.0 Å². The van der Waals surface area contributed by atoms with Crippen molar-refractivity contribution in [3.05, 3.63) is 35.7 Å². The molecule has 0 aliphatic carbocycles. The zero-order chi connectivity index (χ0) is 12.3. The highest BCUT2D eigenvalue weighted by Crippen LogP contribution is 2.19. The standard InChI is InChI=1S/C12H16N4S/c1-4-16-8-13-6-11(16)7-17-12-14-9(2)5-10(3)15-12/h5-6,8H,4,7H2,1-3H3. The predicted octanol–water partition coefficient (Wildman–Crippen LogP) is 2.60. The maximum absolute atomic E-state index is 4.41. The van der Waals surface area contributed by atoms with Crippen LogP contribution in [0.3, 0.4) is 0 Å². The highest BCUT2D eigenvalue weighted by atomic mass is 32.2. The number of hydrogen-bond donors (Lipinski definition) is 0. The van der Waals surface area contributed by atoms with Crippen LogP contribution in [0.25, 0.3) is 0 Å². The predicted molar refractivity (Wildman–Crippen MR) is 69.0 cm³/mol. The average molecular weight is 248 g/mol. The summed E-state index contributed by atoms with van der Waals surface area (Å²) >= 11 is 1.65. The molecule has 0 aliphatic rings. The Balaban J connectivity index is 2.07. The van der Waals surface area contributed by atoms with Gasteiger partial charge in [0.05, 0.1) is 6.33 Å². The van der Waals surface area contributed by atoms with Gasteiger partial charge in [-0.3, -0.25) is 0 Å². The van der Waals surface area contributed by atoms with E-state index in [9.17, 15) is 0 Å². The van der Waals surface area contributed by atoms with E-state index in [4.69, 9.17) is 0 Å². The summed E-state index contributed by atoms with van der Waals surface area (Å²) < 4.78 is 2.13. The molecule has 2 aromatic rings. The van der Waals surface area contributed by atoms with Crippen molar-refractivity contribution < 1.29 is 0 Å². The Bertz CT molecular complexity index is 487. The number of aryl methyl sites for hydroxylation is 3. The number of aromatic nitrogens is 4. The van der Waals surface area contributed by atoms with E-state index >= 15 is 0 Å². The zero-order valence-electron chi connectivity index (χ0n) is 10.3. The fraction of sp³-hybridized carbons (Fsp3) is 0.417. The molecule has 4 nitrogen and oxygen atoms in total.